The molecule has 2 aromatic heterocycles. The van der Waals surface area contributed by atoms with E-state index in [-0.39, 0.29) is 11.6 Å². The van der Waals surface area contributed by atoms with Gasteiger partial charge < -0.3 is 10.3 Å². The van der Waals surface area contributed by atoms with Gasteiger partial charge in [0.25, 0.3) is 0 Å². The number of nitrogens with zero attached hydrogens (tertiary/aromatic N) is 2. The Morgan fingerprint density at radius 3 is 3.00 bits per heavy atom. The maximum Gasteiger partial charge on any atom is 0.178 e. The Kier molecular flexibility index (Phi) is 3.08. The van der Waals surface area contributed by atoms with Crippen LogP contribution in [-0.4, -0.2) is 11.5 Å². The van der Waals surface area contributed by atoms with E-state index < -0.39 is 11.6 Å². The van der Waals surface area contributed by atoms with Gasteiger partial charge in [0.2, 0.25) is 0 Å². The van der Waals surface area contributed by atoms with E-state index in [0.717, 1.165) is 12.5 Å². The van der Waals surface area contributed by atoms with E-state index in [2.05, 4.69) is 10.4 Å². The predicted molar refractivity (Wildman–Crippen MR) is 71.0 cm³/mol. The molecule has 2 aromatic rings. The molecule has 0 aliphatic carbocycles. The van der Waals surface area contributed by atoms with Crippen molar-refractivity contribution >= 4 is 23.0 Å². The molecule has 7 heteroatoms. The molecule has 1 aliphatic heterocycles. The molecule has 0 radical (unpaired) electrons. The maximum atomic E-state index is 13.8. The summed E-state index contributed by atoms with van der Waals surface area (Å²) >= 11 is 1.70. The summed E-state index contributed by atoms with van der Waals surface area (Å²) in [5.74, 6) is 3.69. The highest BCUT2D eigenvalue weighted by atomic mass is 32.1. The molecule has 4 nitrogen and oxygen atoms in total. The van der Waals surface area contributed by atoms with Gasteiger partial charge in [-0.15, -0.1) is 11.3 Å². The molecule has 0 unspecified atom stereocenters. The van der Waals surface area contributed by atoms with E-state index in [4.69, 9.17) is 5.84 Å². The third kappa shape index (κ3) is 2.15. The molecule has 0 aromatic carbocycles. The SMILES string of the molecule is NNc1nc(N2CCc3sccc3C2)c(F)cc1F. The van der Waals surface area contributed by atoms with E-state index in [1.807, 2.05) is 11.4 Å². The van der Waals surface area contributed by atoms with Crippen LogP contribution in [0.15, 0.2) is 17.5 Å². The van der Waals surface area contributed by atoms with Crippen LogP contribution in [0, 0.1) is 11.6 Å². The van der Waals surface area contributed by atoms with Gasteiger partial charge in [-0.05, 0) is 23.4 Å². The average Bonchev–Trinajstić information content (AvgIpc) is 2.86. The molecule has 0 bridgehead atoms. The summed E-state index contributed by atoms with van der Waals surface area (Å²) in [6.45, 7) is 1.24. The zero-order valence-electron chi connectivity index (χ0n) is 9.99. The fraction of sp³-hybridized carbons (Fsp3) is 0.250. The van der Waals surface area contributed by atoms with Gasteiger partial charge in [-0.2, -0.15) is 0 Å². The Balaban J connectivity index is 1.95. The van der Waals surface area contributed by atoms with E-state index >= 15 is 0 Å². The van der Waals surface area contributed by atoms with Gasteiger partial charge in [0.05, 0.1) is 0 Å². The third-order valence-corrected chi connectivity index (χ3v) is 4.18. The first kappa shape index (κ1) is 12.3. The molecular formula is C12H12F2N4S. The Bertz CT molecular complexity index is 614. The zero-order valence-corrected chi connectivity index (χ0v) is 10.8. The molecule has 0 fully saturated rings. The van der Waals surface area contributed by atoms with Gasteiger partial charge in [-0.1, -0.05) is 0 Å². The van der Waals surface area contributed by atoms with Gasteiger partial charge in [-0.25, -0.2) is 19.6 Å². The van der Waals surface area contributed by atoms with Crippen LogP contribution in [0.2, 0.25) is 0 Å². The van der Waals surface area contributed by atoms with Crippen LogP contribution in [0.25, 0.3) is 0 Å². The largest absolute Gasteiger partial charge is 0.349 e. The average molecular weight is 282 g/mol. The van der Waals surface area contributed by atoms with Crippen molar-refractivity contribution in [1.82, 2.24) is 4.98 Å². The van der Waals surface area contributed by atoms with Crippen LogP contribution >= 0.6 is 11.3 Å². The van der Waals surface area contributed by atoms with Crippen molar-refractivity contribution < 1.29 is 8.78 Å². The van der Waals surface area contributed by atoms with E-state index in [1.54, 1.807) is 16.2 Å². The molecule has 1 aliphatic rings. The highest BCUT2D eigenvalue weighted by molar-refractivity contribution is 7.10. The van der Waals surface area contributed by atoms with Crippen LogP contribution in [0.5, 0.6) is 0 Å². The molecule has 0 spiro atoms. The summed E-state index contributed by atoms with van der Waals surface area (Å²) in [5.41, 5.74) is 3.31. The van der Waals surface area contributed by atoms with E-state index in [0.29, 0.717) is 13.1 Å². The lowest BCUT2D eigenvalue weighted by Crippen LogP contribution is -2.31. The van der Waals surface area contributed by atoms with E-state index in [1.165, 1.54) is 10.4 Å². The van der Waals surface area contributed by atoms with Gasteiger partial charge in [0, 0.05) is 24.0 Å². The summed E-state index contributed by atoms with van der Waals surface area (Å²) < 4.78 is 27.2. The van der Waals surface area contributed by atoms with Crippen molar-refractivity contribution in [1.29, 1.82) is 0 Å². The summed E-state index contributed by atoms with van der Waals surface area (Å²) in [6.07, 6.45) is 0.844. The number of nitrogen functional groups attached to an aromatic ring is 1. The number of nitrogens with two attached hydrogens (primary N) is 1. The summed E-state index contributed by atoms with van der Waals surface area (Å²) in [7, 11) is 0. The molecular weight excluding hydrogens is 270 g/mol. The molecule has 3 heterocycles. The Labute approximate surface area is 112 Å². The highest BCUT2D eigenvalue weighted by Crippen LogP contribution is 2.29. The molecule has 100 valence electrons. The van der Waals surface area contributed by atoms with Crippen molar-refractivity contribution in [2.24, 2.45) is 5.84 Å². The summed E-state index contributed by atoms with van der Waals surface area (Å²) in [4.78, 5) is 7.03. The third-order valence-electron chi connectivity index (χ3n) is 3.15. The number of hydrazine groups is 1. The van der Waals surface area contributed by atoms with Crippen LogP contribution in [-0.2, 0) is 13.0 Å². The first-order valence-electron chi connectivity index (χ1n) is 5.82. The van der Waals surface area contributed by atoms with Crippen molar-refractivity contribution in [3.63, 3.8) is 0 Å². The van der Waals surface area contributed by atoms with Crippen molar-refractivity contribution in [2.45, 2.75) is 13.0 Å². The molecule has 0 saturated carbocycles. The zero-order chi connectivity index (χ0) is 13.4. The van der Waals surface area contributed by atoms with Crippen LogP contribution in [0.1, 0.15) is 10.4 Å². The maximum absolute atomic E-state index is 13.8. The number of hydrogen-bond acceptors (Lipinski definition) is 5. The first-order valence-corrected chi connectivity index (χ1v) is 6.70. The second kappa shape index (κ2) is 4.75. The first-order chi connectivity index (χ1) is 9.19. The lowest BCUT2D eigenvalue weighted by Gasteiger charge is -2.28. The Morgan fingerprint density at radius 2 is 2.21 bits per heavy atom. The predicted octanol–water partition coefficient (Wildman–Crippen LogP) is 2.27. The number of fused-ring (bicyclic) bond motifs is 1. The smallest absolute Gasteiger partial charge is 0.178 e. The fourth-order valence-electron chi connectivity index (χ4n) is 2.21. The van der Waals surface area contributed by atoms with Crippen molar-refractivity contribution in [3.05, 3.63) is 39.6 Å². The monoisotopic (exact) mass is 282 g/mol. The Morgan fingerprint density at radius 1 is 1.37 bits per heavy atom. The normalized spacial score (nSPS) is 14.4. The molecule has 3 N–H and O–H groups in total. The second-order valence-corrected chi connectivity index (χ2v) is 5.31. The van der Waals surface area contributed by atoms with Crippen LogP contribution < -0.4 is 16.2 Å². The number of thiophene rings is 1. The molecule has 19 heavy (non-hydrogen) atoms. The molecule has 0 amide bonds. The number of pyridine rings is 1. The lowest BCUT2D eigenvalue weighted by molar-refractivity contribution is 0.566. The quantitative estimate of drug-likeness (QED) is 0.655. The van der Waals surface area contributed by atoms with E-state index in [9.17, 15) is 8.78 Å². The second-order valence-electron chi connectivity index (χ2n) is 4.31. The standard InChI is InChI=1S/C12H12F2N4S/c13-8-5-9(14)12(16-11(8)17-15)18-3-1-10-7(6-18)2-4-19-10/h2,4-5H,1,3,6,15H2,(H,16,17). The van der Waals surface area contributed by atoms with Crippen LogP contribution in [0.4, 0.5) is 20.4 Å². The number of anilines is 2. The highest BCUT2D eigenvalue weighted by Gasteiger charge is 2.22. The van der Waals surface area contributed by atoms with Crippen molar-refractivity contribution in [2.75, 3.05) is 16.9 Å². The minimum absolute atomic E-state index is 0.131. The minimum atomic E-state index is -0.794. The number of aromatic nitrogens is 1. The fourth-order valence-corrected chi connectivity index (χ4v) is 3.10. The summed E-state index contributed by atoms with van der Waals surface area (Å²) in [5, 5.41) is 2.02. The number of nitrogens with one attached hydrogen (secondary N) is 1. The number of rotatable bonds is 2. The molecule has 3 rings (SSSR count). The Hall–Kier alpha value is -1.73. The number of halogens is 2. The van der Waals surface area contributed by atoms with Gasteiger partial charge >= 0.3 is 0 Å². The van der Waals surface area contributed by atoms with Crippen LogP contribution in [0.3, 0.4) is 0 Å². The van der Waals surface area contributed by atoms with Gasteiger partial charge in [0.1, 0.15) is 0 Å². The number of hydrogen-bond donors (Lipinski definition) is 2. The van der Waals surface area contributed by atoms with Crippen molar-refractivity contribution in [3.8, 4) is 0 Å². The van der Waals surface area contributed by atoms with Gasteiger partial charge in [-0.3, -0.25) is 0 Å². The summed E-state index contributed by atoms with van der Waals surface area (Å²) in [6, 6.07) is 2.83. The molecule has 0 atom stereocenters. The molecule has 0 saturated heterocycles. The lowest BCUT2D eigenvalue weighted by atomic mass is 10.1. The topological polar surface area (TPSA) is 54.2 Å². The van der Waals surface area contributed by atoms with Gasteiger partial charge in [0.15, 0.2) is 23.3 Å². The minimum Gasteiger partial charge on any atom is -0.349 e.